The molecule has 2 rings (SSSR count). The van der Waals surface area contributed by atoms with Crippen molar-refractivity contribution in [1.29, 1.82) is 0 Å². The van der Waals surface area contributed by atoms with Gasteiger partial charge in [-0.25, -0.2) is 0 Å². The Morgan fingerprint density at radius 1 is 1.38 bits per heavy atom. The molecule has 1 atom stereocenters. The quantitative estimate of drug-likeness (QED) is 0.834. The van der Waals surface area contributed by atoms with Crippen molar-refractivity contribution in [2.45, 2.75) is 33.2 Å². The second-order valence-electron chi connectivity index (χ2n) is 4.64. The van der Waals surface area contributed by atoms with Gasteiger partial charge in [0.05, 0.1) is 5.69 Å². The van der Waals surface area contributed by atoms with Gasteiger partial charge in [0.25, 0.3) is 0 Å². The third-order valence-corrected chi connectivity index (χ3v) is 3.46. The maximum atomic E-state index is 5.20. The fourth-order valence-electron chi connectivity index (χ4n) is 2.34. The van der Waals surface area contributed by atoms with Crippen LogP contribution in [-0.4, -0.2) is 42.3 Å². The summed E-state index contributed by atoms with van der Waals surface area (Å²) in [5, 5.41) is 7.39. The van der Waals surface area contributed by atoms with Gasteiger partial charge in [0.1, 0.15) is 5.76 Å². The molecule has 0 amide bonds. The minimum Gasteiger partial charge on any atom is -0.361 e. The molecule has 0 saturated carbocycles. The Morgan fingerprint density at radius 2 is 2.06 bits per heavy atom. The van der Waals surface area contributed by atoms with E-state index >= 15 is 0 Å². The standard InChI is InChI=1S/C12H21N3O/c1-9(15-6-4-13-5-7-15)8-12-10(2)14-16-11(12)3/h9,13H,4-8H2,1-3H3. The molecule has 4 heteroatoms. The van der Waals surface area contributed by atoms with Gasteiger partial charge in [0.2, 0.25) is 0 Å². The van der Waals surface area contributed by atoms with E-state index in [4.69, 9.17) is 4.52 Å². The van der Waals surface area contributed by atoms with E-state index in [2.05, 4.69) is 22.3 Å². The molecule has 1 aromatic heterocycles. The van der Waals surface area contributed by atoms with Crippen molar-refractivity contribution in [3.63, 3.8) is 0 Å². The lowest BCUT2D eigenvalue weighted by atomic mass is 10.0. The average molecular weight is 223 g/mol. The van der Waals surface area contributed by atoms with Crippen molar-refractivity contribution in [2.24, 2.45) is 0 Å². The lowest BCUT2D eigenvalue weighted by Crippen LogP contribution is -2.48. The number of aromatic nitrogens is 1. The number of rotatable bonds is 3. The summed E-state index contributed by atoms with van der Waals surface area (Å²) in [5.74, 6) is 0.972. The zero-order valence-corrected chi connectivity index (χ0v) is 10.4. The van der Waals surface area contributed by atoms with Crippen molar-refractivity contribution >= 4 is 0 Å². The summed E-state index contributed by atoms with van der Waals surface area (Å²) in [6.45, 7) is 10.8. The normalized spacial score (nSPS) is 19.9. The first-order chi connectivity index (χ1) is 7.68. The monoisotopic (exact) mass is 223 g/mol. The zero-order valence-electron chi connectivity index (χ0n) is 10.4. The van der Waals surface area contributed by atoms with Crippen molar-refractivity contribution in [3.8, 4) is 0 Å². The van der Waals surface area contributed by atoms with Gasteiger partial charge in [-0.3, -0.25) is 4.90 Å². The van der Waals surface area contributed by atoms with E-state index in [-0.39, 0.29) is 0 Å². The molecule has 1 N–H and O–H groups in total. The van der Waals surface area contributed by atoms with Crippen molar-refractivity contribution in [1.82, 2.24) is 15.4 Å². The summed E-state index contributed by atoms with van der Waals surface area (Å²) >= 11 is 0. The number of aryl methyl sites for hydroxylation is 2. The molecule has 1 saturated heterocycles. The molecule has 2 heterocycles. The molecule has 1 aliphatic rings. The highest BCUT2D eigenvalue weighted by Gasteiger charge is 2.19. The van der Waals surface area contributed by atoms with Gasteiger partial charge < -0.3 is 9.84 Å². The molecule has 0 aliphatic carbocycles. The first kappa shape index (κ1) is 11.6. The van der Waals surface area contributed by atoms with Crippen LogP contribution in [0, 0.1) is 13.8 Å². The summed E-state index contributed by atoms with van der Waals surface area (Å²) in [4.78, 5) is 2.53. The van der Waals surface area contributed by atoms with Gasteiger partial charge in [-0.05, 0) is 27.2 Å². The molecule has 1 aromatic rings. The van der Waals surface area contributed by atoms with E-state index < -0.39 is 0 Å². The third kappa shape index (κ3) is 2.44. The molecular formula is C12H21N3O. The van der Waals surface area contributed by atoms with Crippen LogP contribution in [0.15, 0.2) is 4.52 Å². The molecule has 1 aliphatic heterocycles. The zero-order chi connectivity index (χ0) is 11.5. The van der Waals surface area contributed by atoms with Crippen LogP contribution in [0.2, 0.25) is 0 Å². The van der Waals surface area contributed by atoms with E-state index in [0.717, 1.165) is 44.1 Å². The molecular weight excluding hydrogens is 202 g/mol. The van der Waals surface area contributed by atoms with E-state index in [0.29, 0.717) is 6.04 Å². The van der Waals surface area contributed by atoms with Crippen LogP contribution in [0.25, 0.3) is 0 Å². The largest absolute Gasteiger partial charge is 0.361 e. The number of piperazine rings is 1. The Bertz CT molecular complexity index is 323. The van der Waals surface area contributed by atoms with Crippen LogP contribution in [0.4, 0.5) is 0 Å². The Morgan fingerprint density at radius 3 is 2.62 bits per heavy atom. The van der Waals surface area contributed by atoms with Crippen molar-refractivity contribution in [3.05, 3.63) is 17.0 Å². The molecule has 1 fully saturated rings. The summed E-state index contributed by atoms with van der Waals surface area (Å²) in [5.41, 5.74) is 2.32. The van der Waals surface area contributed by atoms with Crippen LogP contribution in [0.1, 0.15) is 23.9 Å². The van der Waals surface area contributed by atoms with Crippen LogP contribution >= 0.6 is 0 Å². The fourth-order valence-corrected chi connectivity index (χ4v) is 2.34. The number of hydrogen-bond donors (Lipinski definition) is 1. The summed E-state index contributed by atoms with van der Waals surface area (Å²) < 4.78 is 5.20. The Kier molecular flexibility index (Phi) is 3.61. The minimum atomic E-state index is 0.568. The second kappa shape index (κ2) is 4.97. The summed E-state index contributed by atoms with van der Waals surface area (Å²) in [6, 6.07) is 0.568. The fraction of sp³-hybridized carbons (Fsp3) is 0.750. The van der Waals surface area contributed by atoms with Gasteiger partial charge in [0, 0.05) is 37.8 Å². The molecule has 4 nitrogen and oxygen atoms in total. The Hall–Kier alpha value is -0.870. The van der Waals surface area contributed by atoms with Crippen LogP contribution in [0.3, 0.4) is 0 Å². The lowest BCUT2D eigenvalue weighted by molar-refractivity contribution is 0.183. The molecule has 16 heavy (non-hydrogen) atoms. The second-order valence-corrected chi connectivity index (χ2v) is 4.64. The smallest absolute Gasteiger partial charge is 0.137 e. The van der Waals surface area contributed by atoms with Gasteiger partial charge in [-0.2, -0.15) is 0 Å². The topological polar surface area (TPSA) is 41.3 Å². The van der Waals surface area contributed by atoms with Crippen LogP contribution in [0.5, 0.6) is 0 Å². The van der Waals surface area contributed by atoms with Crippen molar-refractivity contribution < 1.29 is 4.52 Å². The molecule has 0 spiro atoms. The molecule has 0 radical (unpaired) electrons. The highest BCUT2D eigenvalue weighted by molar-refractivity contribution is 5.21. The summed E-state index contributed by atoms with van der Waals surface area (Å²) in [6.07, 6.45) is 1.04. The lowest BCUT2D eigenvalue weighted by Gasteiger charge is -2.32. The van der Waals surface area contributed by atoms with Gasteiger partial charge in [-0.15, -0.1) is 0 Å². The predicted molar refractivity (Wildman–Crippen MR) is 63.6 cm³/mol. The third-order valence-electron chi connectivity index (χ3n) is 3.46. The van der Waals surface area contributed by atoms with E-state index in [1.807, 2.05) is 13.8 Å². The Balaban J connectivity index is 1.98. The first-order valence-electron chi connectivity index (χ1n) is 6.05. The SMILES string of the molecule is Cc1noc(C)c1CC(C)N1CCNCC1. The first-order valence-corrected chi connectivity index (χ1v) is 6.05. The number of nitrogens with one attached hydrogen (secondary N) is 1. The molecule has 90 valence electrons. The number of nitrogens with zero attached hydrogens (tertiary/aromatic N) is 2. The van der Waals surface area contributed by atoms with E-state index in [1.54, 1.807) is 0 Å². The molecule has 1 unspecified atom stereocenters. The minimum absolute atomic E-state index is 0.568. The van der Waals surface area contributed by atoms with E-state index in [1.165, 1.54) is 5.56 Å². The maximum Gasteiger partial charge on any atom is 0.137 e. The predicted octanol–water partition coefficient (Wildman–Crippen LogP) is 1.13. The van der Waals surface area contributed by atoms with Gasteiger partial charge >= 0.3 is 0 Å². The van der Waals surface area contributed by atoms with Crippen LogP contribution in [-0.2, 0) is 6.42 Å². The Labute approximate surface area is 97.0 Å². The van der Waals surface area contributed by atoms with Gasteiger partial charge in [0.15, 0.2) is 0 Å². The van der Waals surface area contributed by atoms with Gasteiger partial charge in [-0.1, -0.05) is 5.16 Å². The maximum absolute atomic E-state index is 5.20. The van der Waals surface area contributed by atoms with Crippen molar-refractivity contribution in [2.75, 3.05) is 26.2 Å². The summed E-state index contributed by atoms with van der Waals surface area (Å²) in [7, 11) is 0. The molecule has 0 bridgehead atoms. The van der Waals surface area contributed by atoms with E-state index in [9.17, 15) is 0 Å². The number of hydrogen-bond acceptors (Lipinski definition) is 4. The average Bonchev–Trinajstić information content (AvgIpc) is 2.62. The van der Waals surface area contributed by atoms with Crippen LogP contribution < -0.4 is 5.32 Å². The highest BCUT2D eigenvalue weighted by Crippen LogP contribution is 2.16. The molecule has 0 aromatic carbocycles. The highest BCUT2D eigenvalue weighted by atomic mass is 16.5.